The van der Waals surface area contributed by atoms with Gasteiger partial charge in [0.05, 0.1) is 19.9 Å². The van der Waals surface area contributed by atoms with Crippen molar-refractivity contribution in [1.82, 2.24) is 10.6 Å². The lowest BCUT2D eigenvalue weighted by molar-refractivity contribution is -0.885. The van der Waals surface area contributed by atoms with E-state index in [4.69, 9.17) is 16.0 Å². The van der Waals surface area contributed by atoms with Crippen LogP contribution < -0.4 is 15.5 Å². The van der Waals surface area contributed by atoms with Crippen LogP contribution in [0.4, 0.5) is 4.79 Å². The summed E-state index contributed by atoms with van der Waals surface area (Å²) in [5.41, 5.74) is 1.03. The van der Waals surface area contributed by atoms with Gasteiger partial charge in [0.15, 0.2) is 6.54 Å². The van der Waals surface area contributed by atoms with Crippen LogP contribution in [0.2, 0.25) is 5.02 Å². The Labute approximate surface area is 139 Å². The summed E-state index contributed by atoms with van der Waals surface area (Å²) in [6.07, 6.45) is 1.52. The number of nitrogens with one attached hydrogen (secondary N) is 3. The van der Waals surface area contributed by atoms with E-state index in [-0.39, 0.29) is 19.0 Å². The van der Waals surface area contributed by atoms with Gasteiger partial charge in [0, 0.05) is 10.6 Å². The summed E-state index contributed by atoms with van der Waals surface area (Å²) in [5, 5.41) is 5.51. The van der Waals surface area contributed by atoms with Gasteiger partial charge in [-0.2, -0.15) is 0 Å². The summed E-state index contributed by atoms with van der Waals surface area (Å²) in [6, 6.07) is 10.4. The predicted molar refractivity (Wildman–Crippen MR) is 86.0 cm³/mol. The topological polar surface area (TPSA) is 75.8 Å². The first-order valence-corrected chi connectivity index (χ1v) is 7.56. The molecule has 0 saturated heterocycles. The summed E-state index contributed by atoms with van der Waals surface area (Å²) in [4.78, 5) is 24.4. The fraction of sp³-hybridized carbons (Fsp3) is 0.250. The summed E-state index contributed by atoms with van der Waals surface area (Å²) >= 11 is 5.93. The molecule has 0 saturated carbocycles. The van der Waals surface area contributed by atoms with Gasteiger partial charge in [-0.1, -0.05) is 23.7 Å². The number of benzene rings is 1. The number of quaternary nitrogens is 1. The largest absolute Gasteiger partial charge is 0.467 e. The quantitative estimate of drug-likeness (QED) is 0.736. The molecule has 1 atom stereocenters. The normalized spacial score (nSPS) is 11.7. The molecule has 6 nitrogen and oxygen atoms in total. The molecular weight excluding hydrogens is 318 g/mol. The zero-order valence-electron chi connectivity index (χ0n) is 12.8. The molecule has 0 bridgehead atoms. The zero-order valence-corrected chi connectivity index (χ0v) is 13.5. The Morgan fingerprint density at radius 2 is 2.09 bits per heavy atom. The van der Waals surface area contributed by atoms with Crippen molar-refractivity contribution in [2.24, 2.45) is 0 Å². The molecule has 0 aliphatic heterocycles. The van der Waals surface area contributed by atoms with E-state index >= 15 is 0 Å². The Kier molecular flexibility index (Phi) is 6.19. The van der Waals surface area contributed by atoms with Gasteiger partial charge in [-0.05, 0) is 24.3 Å². The third-order valence-corrected chi connectivity index (χ3v) is 3.35. The van der Waals surface area contributed by atoms with Crippen molar-refractivity contribution in [3.63, 3.8) is 0 Å². The van der Waals surface area contributed by atoms with Crippen molar-refractivity contribution >= 4 is 23.5 Å². The first kappa shape index (κ1) is 17.1. The van der Waals surface area contributed by atoms with Gasteiger partial charge in [-0.3, -0.25) is 10.1 Å². The molecule has 0 spiro atoms. The lowest BCUT2D eigenvalue weighted by Crippen LogP contribution is -3.09. The number of likely N-dealkylation sites (N-methyl/N-ethyl adjacent to an activating group) is 1. The number of carbonyl (C=O) groups excluding carboxylic acids is 2. The first-order chi connectivity index (χ1) is 11.0. The SMILES string of the molecule is C[NH+](CC(=O)NC(=O)NCc1ccco1)Cc1cccc(Cl)c1. The van der Waals surface area contributed by atoms with E-state index in [1.165, 1.54) is 6.26 Å². The molecule has 122 valence electrons. The molecule has 1 unspecified atom stereocenters. The lowest BCUT2D eigenvalue weighted by Gasteiger charge is -2.13. The van der Waals surface area contributed by atoms with E-state index in [1.54, 1.807) is 18.2 Å². The van der Waals surface area contributed by atoms with E-state index in [9.17, 15) is 9.59 Å². The Hall–Kier alpha value is -2.31. The van der Waals surface area contributed by atoms with Crippen molar-refractivity contribution in [3.8, 4) is 0 Å². The minimum absolute atomic E-state index is 0.181. The van der Waals surface area contributed by atoms with Crippen LogP contribution in [0.15, 0.2) is 47.1 Å². The second kappa shape index (κ2) is 8.36. The van der Waals surface area contributed by atoms with Crippen LogP contribution in [0, 0.1) is 0 Å². The van der Waals surface area contributed by atoms with Gasteiger partial charge >= 0.3 is 6.03 Å². The molecule has 0 fully saturated rings. The Morgan fingerprint density at radius 1 is 1.26 bits per heavy atom. The highest BCUT2D eigenvalue weighted by Gasteiger charge is 2.13. The number of hydrogen-bond acceptors (Lipinski definition) is 3. The van der Waals surface area contributed by atoms with Crippen molar-refractivity contribution < 1.29 is 18.9 Å². The number of halogens is 1. The second-order valence-electron chi connectivity index (χ2n) is 5.25. The molecule has 1 heterocycles. The van der Waals surface area contributed by atoms with Crippen LogP contribution >= 0.6 is 11.6 Å². The third kappa shape index (κ3) is 6.14. The first-order valence-electron chi connectivity index (χ1n) is 7.19. The molecule has 1 aromatic heterocycles. The highest BCUT2D eigenvalue weighted by atomic mass is 35.5. The third-order valence-electron chi connectivity index (χ3n) is 3.11. The van der Waals surface area contributed by atoms with Crippen molar-refractivity contribution in [3.05, 3.63) is 59.0 Å². The predicted octanol–water partition coefficient (Wildman–Crippen LogP) is 0.974. The Balaban J connectivity index is 1.71. The van der Waals surface area contributed by atoms with Gasteiger partial charge in [-0.25, -0.2) is 4.79 Å². The minimum Gasteiger partial charge on any atom is -0.467 e. The molecule has 1 aromatic carbocycles. The number of carbonyl (C=O) groups is 2. The molecule has 23 heavy (non-hydrogen) atoms. The highest BCUT2D eigenvalue weighted by molar-refractivity contribution is 6.30. The van der Waals surface area contributed by atoms with Crippen molar-refractivity contribution in [2.75, 3.05) is 13.6 Å². The molecule has 0 aliphatic rings. The van der Waals surface area contributed by atoms with E-state index in [0.717, 1.165) is 10.5 Å². The Morgan fingerprint density at radius 3 is 2.78 bits per heavy atom. The van der Waals surface area contributed by atoms with E-state index in [0.29, 0.717) is 17.3 Å². The monoisotopic (exact) mass is 336 g/mol. The van der Waals surface area contributed by atoms with Crippen LogP contribution in [0.3, 0.4) is 0 Å². The molecular formula is C16H19ClN3O3+. The lowest BCUT2D eigenvalue weighted by atomic mass is 10.2. The van der Waals surface area contributed by atoms with Gasteiger partial charge in [0.2, 0.25) is 0 Å². The van der Waals surface area contributed by atoms with Gasteiger partial charge in [0.1, 0.15) is 12.3 Å². The molecule has 2 rings (SSSR count). The van der Waals surface area contributed by atoms with Crippen LogP contribution in [-0.4, -0.2) is 25.5 Å². The van der Waals surface area contributed by atoms with Gasteiger partial charge in [0.25, 0.3) is 5.91 Å². The van der Waals surface area contributed by atoms with Gasteiger partial charge in [-0.15, -0.1) is 0 Å². The fourth-order valence-electron chi connectivity index (χ4n) is 2.13. The summed E-state index contributed by atoms with van der Waals surface area (Å²) in [6.45, 7) is 1.06. The molecule has 0 radical (unpaired) electrons. The van der Waals surface area contributed by atoms with E-state index in [1.807, 2.05) is 25.2 Å². The van der Waals surface area contributed by atoms with E-state index < -0.39 is 6.03 Å². The molecule has 3 N–H and O–H groups in total. The number of imide groups is 1. The van der Waals surface area contributed by atoms with E-state index in [2.05, 4.69) is 10.6 Å². The number of rotatable bonds is 6. The molecule has 3 amide bonds. The number of furan rings is 1. The van der Waals surface area contributed by atoms with Crippen molar-refractivity contribution in [1.29, 1.82) is 0 Å². The maximum atomic E-state index is 11.8. The maximum absolute atomic E-state index is 11.8. The Bertz CT molecular complexity index is 658. The van der Waals surface area contributed by atoms with Crippen LogP contribution in [-0.2, 0) is 17.9 Å². The number of amides is 3. The van der Waals surface area contributed by atoms with Crippen LogP contribution in [0.1, 0.15) is 11.3 Å². The number of hydrogen-bond donors (Lipinski definition) is 3. The average Bonchev–Trinajstić information content (AvgIpc) is 2.98. The summed E-state index contributed by atoms with van der Waals surface area (Å²) in [5.74, 6) is 0.276. The zero-order chi connectivity index (χ0) is 16.7. The van der Waals surface area contributed by atoms with Gasteiger partial charge < -0.3 is 14.6 Å². The minimum atomic E-state index is -0.540. The average molecular weight is 337 g/mol. The van der Waals surface area contributed by atoms with Crippen LogP contribution in [0.5, 0.6) is 0 Å². The second-order valence-corrected chi connectivity index (χ2v) is 5.69. The van der Waals surface area contributed by atoms with Crippen molar-refractivity contribution in [2.45, 2.75) is 13.1 Å². The maximum Gasteiger partial charge on any atom is 0.321 e. The standard InChI is InChI=1S/C16H18ClN3O3/c1-20(10-12-4-2-5-13(17)8-12)11-15(21)19-16(22)18-9-14-6-3-7-23-14/h2-8H,9-11H2,1H3,(H2,18,19,21,22)/p+1. The summed E-state index contributed by atoms with van der Waals surface area (Å²) < 4.78 is 5.09. The summed E-state index contributed by atoms with van der Waals surface area (Å²) in [7, 11) is 1.88. The smallest absolute Gasteiger partial charge is 0.321 e. The molecule has 2 aromatic rings. The fourth-order valence-corrected chi connectivity index (χ4v) is 2.34. The number of urea groups is 1. The van der Waals surface area contributed by atoms with Crippen LogP contribution in [0.25, 0.3) is 0 Å². The molecule has 0 aliphatic carbocycles. The molecule has 7 heteroatoms. The highest BCUT2D eigenvalue weighted by Crippen LogP contribution is 2.09.